The summed E-state index contributed by atoms with van der Waals surface area (Å²) in [4.78, 5) is 11.2. The summed E-state index contributed by atoms with van der Waals surface area (Å²) in [5.74, 6) is -0.355. The minimum atomic E-state index is -1.32. The first-order chi connectivity index (χ1) is 9.52. The average Bonchev–Trinajstić information content (AvgIpc) is 2.45. The standard InChI is InChI=1S/C14H17O3PS2/c1-11(2)14(15)17-9-7-12-3-5-13(6-4-12)8-10-18(16)20-19/h3-6H,1,7-10H2,2H3. The molecule has 0 radical (unpaired) electrons. The van der Waals surface area contributed by atoms with Crippen LogP contribution in [0.2, 0.25) is 0 Å². The van der Waals surface area contributed by atoms with Crippen LogP contribution in [0.25, 0.3) is 0 Å². The van der Waals surface area contributed by atoms with Crippen LogP contribution in [-0.4, -0.2) is 18.7 Å². The Balaban J connectivity index is 2.42. The number of hydrogen-bond donors (Lipinski definition) is 0. The van der Waals surface area contributed by atoms with Crippen LogP contribution in [0.1, 0.15) is 18.1 Å². The molecule has 0 saturated carbocycles. The van der Waals surface area contributed by atoms with Crippen LogP contribution < -0.4 is 0 Å². The molecule has 20 heavy (non-hydrogen) atoms. The van der Waals surface area contributed by atoms with Gasteiger partial charge in [0, 0.05) is 18.2 Å². The predicted octanol–water partition coefficient (Wildman–Crippen LogP) is 3.18. The molecule has 1 unspecified atom stereocenters. The molecule has 1 atom stereocenters. The van der Waals surface area contributed by atoms with E-state index in [-0.39, 0.29) is 5.97 Å². The van der Waals surface area contributed by atoms with Crippen LogP contribution in [0.5, 0.6) is 0 Å². The minimum absolute atomic E-state index is 0.351. The van der Waals surface area contributed by atoms with Gasteiger partial charge in [-0.15, -0.1) is 0 Å². The number of carbonyl (C=O) groups excluding carboxylic acids is 1. The zero-order valence-corrected chi connectivity index (χ0v) is 13.9. The lowest BCUT2D eigenvalue weighted by molar-refractivity contribution is -0.138. The Kier molecular flexibility index (Phi) is 7.67. The monoisotopic (exact) mass is 328 g/mol. The van der Waals surface area contributed by atoms with E-state index in [2.05, 4.69) is 17.8 Å². The summed E-state index contributed by atoms with van der Waals surface area (Å²) in [6.07, 6.45) is 2.05. The van der Waals surface area contributed by atoms with Crippen LogP contribution in [0.4, 0.5) is 0 Å². The molecule has 108 valence electrons. The molecular weight excluding hydrogens is 311 g/mol. The molecule has 0 amide bonds. The molecule has 0 saturated heterocycles. The molecule has 0 aromatic heterocycles. The van der Waals surface area contributed by atoms with Gasteiger partial charge in [0.25, 0.3) is 0 Å². The third-order valence-electron chi connectivity index (χ3n) is 2.66. The van der Waals surface area contributed by atoms with Crippen LogP contribution >= 0.6 is 6.58 Å². The maximum absolute atomic E-state index is 11.3. The maximum atomic E-state index is 11.3. The largest absolute Gasteiger partial charge is 0.462 e. The van der Waals surface area contributed by atoms with Crippen molar-refractivity contribution in [3.63, 3.8) is 0 Å². The van der Waals surface area contributed by atoms with Gasteiger partial charge in [-0.25, -0.2) is 4.79 Å². The van der Waals surface area contributed by atoms with Crippen LogP contribution in [0, 0.1) is 0 Å². The van der Waals surface area contributed by atoms with Gasteiger partial charge in [0.05, 0.1) is 6.61 Å². The summed E-state index contributed by atoms with van der Waals surface area (Å²) in [6.45, 7) is 4.19. The smallest absolute Gasteiger partial charge is 0.333 e. The van der Waals surface area contributed by atoms with Crippen LogP contribution in [0.3, 0.4) is 0 Å². The van der Waals surface area contributed by atoms with Crippen molar-refractivity contribution in [3.8, 4) is 0 Å². The summed E-state index contributed by atoms with van der Waals surface area (Å²) in [7, 11) is 1.00. The number of esters is 1. The van der Waals surface area contributed by atoms with E-state index >= 15 is 0 Å². The molecular formula is C14H17O3PS2. The fraction of sp³-hybridized carbons (Fsp3) is 0.357. The first kappa shape index (κ1) is 17.0. The maximum Gasteiger partial charge on any atom is 0.333 e. The van der Waals surface area contributed by atoms with Crippen molar-refractivity contribution in [2.24, 2.45) is 0 Å². The second kappa shape index (κ2) is 9.01. The van der Waals surface area contributed by atoms with E-state index in [0.717, 1.165) is 27.0 Å². The quantitative estimate of drug-likeness (QED) is 0.438. The molecule has 1 aromatic rings. The molecule has 0 aliphatic heterocycles. The molecule has 0 bridgehead atoms. The Morgan fingerprint density at radius 2 is 1.85 bits per heavy atom. The van der Waals surface area contributed by atoms with E-state index in [4.69, 9.17) is 4.74 Å². The van der Waals surface area contributed by atoms with Gasteiger partial charge in [0.1, 0.15) is 0 Å². The lowest BCUT2D eigenvalue weighted by atomic mass is 10.1. The molecule has 0 fully saturated rings. The first-order valence-corrected chi connectivity index (χ1v) is 9.97. The van der Waals surface area contributed by atoms with E-state index in [9.17, 15) is 9.36 Å². The van der Waals surface area contributed by atoms with Crippen molar-refractivity contribution in [2.45, 2.75) is 19.8 Å². The summed E-state index contributed by atoms with van der Waals surface area (Å²) in [5.41, 5.74) is 2.65. The molecule has 6 heteroatoms. The summed E-state index contributed by atoms with van der Waals surface area (Å²) in [6, 6.07) is 8.01. The number of hydrogen-bond acceptors (Lipinski definition) is 4. The van der Waals surface area contributed by atoms with E-state index in [1.54, 1.807) is 6.92 Å². The Bertz CT molecular complexity index is 583. The molecule has 0 heterocycles. The van der Waals surface area contributed by atoms with Gasteiger partial charge >= 0.3 is 5.97 Å². The molecule has 1 aromatic carbocycles. The topological polar surface area (TPSA) is 43.4 Å². The van der Waals surface area contributed by atoms with Gasteiger partial charge in [0.15, 0.2) is 6.58 Å². The van der Waals surface area contributed by atoms with Crippen LogP contribution in [-0.2, 0) is 47.6 Å². The highest BCUT2D eigenvalue weighted by molar-refractivity contribution is 8.32. The van der Waals surface area contributed by atoms with Crippen molar-refractivity contribution in [2.75, 3.05) is 12.8 Å². The van der Waals surface area contributed by atoms with Gasteiger partial charge in [-0.2, -0.15) is 0 Å². The first-order valence-electron chi connectivity index (χ1n) is 6.18. The number of benzene rings is 1. The van der Waals surface area contributed by atoms with Crippen LogP contribution in [0.15, 0.2) is 36.4 Å². The molecule has 0 aliphatic rings. The van der Waals surface area contributed by atoms with E-state index in [1.165, 1.54) is 0 Å². The Morgan fingerprint density at radius 3 is 2.35 bits per heavy atom. The molecule has 3 nitrogen and oxygen atoms in total. The Hall–Kier alpha value is -1.03. The van der Waals surface area contributed by atoms with Crippen molar-refractivity contribution in [1.29, 1.82) is 0 Å². The van der Waals surface area contributed by atoms with E-state index < -0.39 is 6.58 Å². The Labute approximate surface area is 127 Å². The number of ether oxygens (including phenoxy) is 1. The van der Waals surface area contributed by atoms with Gasteiger partial charge < -0.3 is 4.74 Å². The van der Waals surface area contributed by atoms with Crippen molar-refractivity contribution in [3.05, 3.63) is 47.5 Å². The lowest BCUT2D eigenvalue weighted by Gasteiger charge is -2.05. The average molecular weight is 328 g/mol. The number of carbonyl (C=O) groups is 1. The second-order valence-corrected chi connectivity index (χ2v) is 8.64. The number of rotatable bonds is 7. The normalized spacial score (nSPS) is 10.8. The summed E-state index contributed by atoms with van der Waals surface area (Å²) < 4.78 is 16.3. The van der Waals surface area contributed by atoms with Gasteiger partial charge in [-0.05, 0) is 45.2 Å². The molecule has 0 aliphatic carbocycles. The van der Waals surface area contributed by atoms with E-state index in [1.807, 2.05) is 24.3 Å². The Morgan fingerprint density at radius 1 is 1.30 bits per heavy atom. The highest BCUT2D eigenvalue weighted by Crippen LogP contribution is 2.11. The predicted molar refractivity (Wildman–Crippen MR) is 86.8 cm³/mol. The number of aryl methyl sites for hydroxylation is 1. The lowest BCUT2D eigenvalue weighted by Crippen LogP contribution is -2.08. The zero-order chi connectivity index (χ0) is 15.0. The van der Waals surface area contributed by atoms with Gasteiger partial charge in [0.2, 0.25) is 0 Å². The highest BCUT2D eigenvalue weighted by atomic mass is 32.9. The van der Waals surface area contributed by atoms with Crippen molar-refractivity contribution < 1.29 is 14.1 Å². The van der Waals surface area contributed by atoms with E-state index in [0.29, 0.717) is 24.8 Å². The fourth-order valence-corrected chi connectivity index (χ4v) is 3.20. The van der Waals surface area contributed by atoms with Gasteiger partial charge in [-0.3, -0.25) is 4.57 Å². The molecule has 0 spiro atoms. The van der Waals surface area contributed by atoms with Gasteiger partial charge in [-0.1, -0.05) is 30.8 Å². The summed E-state index contributed by atoms with van der Waals surface area (Å²) in [5, 5.41) is 0. The zero-order valence-electron chi connectivity index (χ0n) is 11.3. The van der Waals surface area contributed by atoms with Crippen molar-refractivity contribution >= 4 is 33.2 Å². The minimum Gasteiger partial charge on any atom is -0.462 e. The molecule has 1 rings (SSSR count). The third-order valence-corrected chi connectivity index (χ3v) is 5.96. The molecule has 0 N–H and O–H groups in total. The second-order valence-electron chi connectivity index (χ2n) is 4.36. The van der Waals surface area contributed by atoms with Crippen molar-refractivity contribution in [1.82, 2.24) is 0 Å². The fourth-order valence-electron chi connectivity index (χ4n) is 1.52. The highest BCUT2D eigenvalue weighted by Gasteiger charge is 2.03. The third kappa shape index (κ3) is 6.42. The SMILES string of the molecule is C=C(C)C(=O)OCCc1ccc(CCP(=O)=S=S)cc1. The summed E-state index contributed by atoms with van der Waals surface area (Å²) >= 11 is 4.68.